The van der Waals surface area contributed by atoms with E-state index in [4.69, 9.17) is 23.1 Å². The molecule has 10 nitrogen and oxygen atoms in total. The minimum Gasteiger partial charge on any atom is -0.496 e. The van der Waals surface area contributed by atoms with Crippen LogP contribution in [-0.2, 0) is 26.8 Å². The van der Waals surface area contributed by atoms with Crippen LogP contribution in [0.5, 0.6) is 34.5 Å². The topological polar surface area (TPSA) is 124 Å². The van der Waals surface area contributed by atoms with Crippen LogP contribution >= 0.6 is 0 Å². The highest BCUT2D eigenvalue weighted by molar-refractivity contribution is 7.86. The summed E-state index contributed by atoms with van der Waals surface area (Å²) in [7, 11) is -3.96. The summed E-state index contributed by atoms with van der Waals surface area (Å²) in [5, 5.41) is 0. The number of ether oxygens (including phenoxy) is 4. The van der Waals surface area contributed by atoms with Crippen LogP contribution in [0.15, 0.2) is 72.8 Å². The van der Waals surface area contributed by atoms with Crippen molar-refractivity contribution in [2.75, 3.05) is 33.8 Å². The Morgan fingerprint density at radius 2 is 1.26 bits per heavy atom. The summed E-state index contributed by atoms with van der Waals surface area (Å²) in [6.07, 6.45) is 1.66. The van der Waals surface area contributed by atoms with E-state index in [9.17, 15) is 21.2 Å². The van der Waals surface area contributed by atoms with Crippen LogP contribution in [0.4, 0.5) is 4.39 Å². The third kappa shape index (κ3) is 7.67. The normalized spacial score (nSPS) is 11.5. The van der Waals surface area contributed by atoms with Gasteiger partial charge in [-0.3, -0.25) is 0 Å². The molecule has 0 saturated heterocycles. The lowest BCUT2D eigenvalue weighted by Gasteiger charge is -2.21. The predicted molar refractivity (Wildman–Crippen MR) is 159 cm³/mol. The summed E-state index contributed by atoms with van der Waals surface area (Å²) >= 11 is 0. The molecule has 0 saturated carbocycles. The first-order valence-electron chi connectivity index (χ1n) is 12.6. The van der Waals surface area contributed by atoms with Gasteiger partial charge in [-0.25, -0.2) is 4.39 Å². The standard InChI is InChI=1S/C30H29FO10S2/c1-36-26-16-21(12-14-25(26)39-18-19-9-7-6-8-10-19)28-27(37-2)17-22(29(38-3)30(28)41-43(5,34)35)20-11-13-24(23(31)15-20)40-42(4,32)33/h6-17H,18H2,1-5H3. The molecule has 0 unspecified atom stereocenters. The molecule has 4 aromatic carbocycles. The van der Waals surface area contributed by atoms with Crippen LogP contribution in [0.25, 0.3) is 22.3 Å². The van der Waals surface area contributed by atoms with E-state index in [1.807, 2.05) is 30.3 Å². The van der Waals surface area contributed by atoms with Gasteiger partial charge in [-0.1, -0.05) is 42.5 Å². The summed E-state index contributed by atoms with van der Waals surface area (Å²) in [6.45, 7) is 0.287. The van der Waals surface area contributed by atoms with Crippen LogP contribution in [0.3, 0.4) is 0 Å². The zero-order valence-corrected chi connectivity index (χ0v) is 25.5. The third-order valence-corrected chi connectivity index (χ3v) is 6.98. The molecule has 0 atom stereocenters. The molecule has 4 rings (SSSR count). The van der Waals surface area contributed by atoms with Gasteiger partial charge in [-0.05, 0) is 47.0 Å². The molecule has 0 N–H and O–H groups in total. The second kappa shape index (κ2) is 12.8. The highest BCUT2D eigenvalue weighted by Gasteiger charge is 2.27. The van der Waals surface area contributed by atoms with E-state index in [-0.39, 0.29) is 40.5 Å². The monoisotopic (exact) mass is 632 g/mol. The second-order valence-electron chi connectivity index (χ2n) is 9.22. The van der Waals surface area contributed by atoms with Gasteiger partial charge in [0.2, 0.25) is 0 Å². The molecule has 0 amide bonds. The predicted octanol–water partition coefficient (Wildman–Crippen LogP) is 5.44. The van der Waals surface area contributed by atoms with Crippen molar-refractivity contribution in [1.29, 1.82) is 0 Å². The van der Waals surface area contributed by atoms with E-state index in [0.717, 1.165) is 30.2 Å². The largest absolute Gasteiger partial charge is 0.496 e. The van der Waals surface area contributed by atoms with E-state index < -0.39 is 31.8 Å². The molecule has 0 fully saturated rings. The fraction of sp³-hybridized carbons (Fsp3) is 0.200. The summed E-state index contributed by atoms with van der Waals surface area (Å²) in [5.74, 6) is -0.816. The van der Waals surface area contributed by atoms with Crippen LogP contribution in [0, 0.1) is 5.82 Å². The average molecular weight is 633 g/mol. The lowest BCUT2D eigenvalue weighted by molar-refractivity contribution is 0.284. The van der Waals surface area contributed by atoms with E-state index in [0.29, 0.717) is 17.1 Å². The molecule has 0 spiro atoms. The fourth-order valence-corrected chi connectivity index (χ4v) is 5.20. The van der Waals surface area contributed by atoms with Gasteiger partial charge in [0.05, 0.1) is 39.4 Å². The molecule has 0 aliphatic heterocycles. The van der Waals surface area contributed by atoms with E-state index in [2.05, 4.69) is 4.18 Å². The van der Waals surface area contributed by atoms with E-state index in [1.54, 1.807) is 18.2 Å². The molecule has 13 heteroatoms. The lowest BCUT2D eigenvalue weighted by Crippen LogP contribution is -2.09. The summed E-state index contributed by atoms with van der Waals surface area (Å²) in [4.78, 5) is 0. The van der Waals surface area contributed by atoms with Crippen molar-refractivity contribution in [3.05, 3.63) is 84.2 Å². The van der Waals surface area contributed by atoms with Crippen LogP contribution < -0.4 is 27.3 Å². The number of rotatable bonds is 12. The van der Waals surface area contributed by atoms with Gasteiger partial charge in [-0.15, -0.1) is 0 Å². The van der Waals surface area contributed by atoms with Crippen molar-refractivity contribution in [1.82, 2.24) is 0 Å². The number of hydrogen-bond acceptors (Lipinski definition) is 10. The maximum Gasteiger partial charge on any atom is 0.306 e. The molecule has 0 heterocycles. The Kier molecular flexibility index (Phi) is 9.36. The first-order valence-corrected chi connectivity index (χ1v) is 16.2. The molecule has 43 heavy (non-hydrogen) atoms. The summed E-state index contributed by atoms with van der Waals surface area (Å²) in [5.41, 5.74) is 1.99. The van der Waals surface area contributed by atoms with Crippen molar-refractivity contribution < 1.29 is 48.5 Å². The lowest BCUT2D eigenvalue weighted by atomic mass is 9.96. The van der Waals surface area contributed by atoms with Crippen LogP contribution in [0.2, 0.25) is 0 Å². The van der Waals surface area contributed by atoms with Gasteiger partial charge in [0.25, 0.3) is 0 Å². The Hall–Kier alpha value is -4.49. The number of benzene rings is 4. The van der Waals surface area contributed by atoms with Crippen LogP contribution in [0.1, 0.15) is 5.56 Å². The molecule has 4 aromatic rings. The highest BCUT2D eigenvalue weighted by atomic mass is 32.2. The minimum absolute atomic E-state index is 0.0548. The molecular weight excluding hydrogens is 603 g/mol. The van der Waals surface area contributed by atoms with Gasteiger partial charge in [0.15, 0.2) is 34.6 Å². The summed E-state index contributed by atoms with van der Waals surface area (Å²) < 4.78 is 95.6. The van der Waals surface area contributed by atoms with Crippen molar-refractivity contribution in [3.8, 4) is 56.8 Å². The number of hydrogen-bond donors (Lipinski definition) is 0. The Bertz CT molecular complexity index is 1840. The maximum atomic E-state index is 14.9. The molecule has 0 aliphatic rings. The maximum absolute atomic E-state index is 14.9. The van der Waals surface area contributed by atoms with Crippen molar-refractivity contribution >= 4 is 20.2 Å². The highest BCUT2D eigenvalue weighted by Crippen LogP contribution is 2.52. The van der Waals surface area contributed by atoms with Gasteiger partial charge >= 0.3 is 20.2 Å². The first kappa shape index (κ1) is 31.4. The van der Waals surface area contributed by atoms with Crippen molar-refractivity contribution in [3.63, 3.8) is 0 Å². The smallest absolute Gasteiger partial charge is 0.306 e. The molecule has 0 radical (unpaired) electrons. The fourth-order valence-electron chi connectivity index (χ4n) is 4.28. The molecule has 0 aliphatic carbocycles. The molecule has 0 bridgehead atoms. The molecule has 0 aromatic heterocycles. The molecule has 228 valence electrons. The van der Waals surface area contributed by atoms with Gasteiger partial charge in [0, 0.05) is 5.56 Å². The zero-order chi connectivity index (χ0) is 31.4. The Balaban J connectivity index is 1.87. The average Bonchev–Trinajstić information content (AvgIpc) is 2.95. The Labute approximate surface area is 249 Å². The Morgan fingerprint density at radius 1 is 0.628 bits per heavy atom. The van der Waals surface area contributed by atoms with Crippen molar-refractivity contribution in [2.24, 2.45) is 0 Å². The third-order valence-electron chi connectivity index (χ3n) is 6.03. The SMILES string of the molecule is COc1cc(-c2c(OC)cc(-c3ccc(OS(C)(=O)=O)c(F)c3)c(OC)c2OS(C)(=O)=O)ccc1OCc1ccccc1. The minimum atomic E-state index is -4.11. The number of methoxy groups -OCH3 is 3. The van der Waals surface area contributed by atoms with E-state index >= 15 is 0 Å². The molecular formula is C30H29FO10S2. The van der Waals surface area contributed by atoms with Gasteiger partial charge in [-0.2, -0.15) is 16.8 Å². The van der Waals surface area contributed by atoms with Crippen LogP contribution in [-0.4, -0.2) is 50.7 Å². The van der Waals surface area contributed by atoms with Gasteiger partial charge < -0.3 is 27.3 Å². The summed E-state index contributed by atoms with van der Waals surface area (Å²) in [6, 6.07) is 19.6. The zero-order valence-electron chi connectivity index (χ0n) is 23.9. The van der Waals surface area contributed by atoms with Crippen molar-refractivity contribution in [2.45, 2.75) is 6.61 Å². The number of halogens is 1. The van der Waals surface area contributed by atoms with Gasteiger partial charge in [0.1, 0.15) is 12.4 Å². The second-order valence-corrected chi connectivity index (χ2v) is 12.4. The quantitative estimate of drug-likeness (QED) is 0.187. The van der Waals surface area contributed by atoms with E-state index in [1.165, 1.54) is 33.5 Å². The first-order chi connectivity index (χ1) is 20.3. The Morgan fingerprint density at radius 3 is 1.84 bits per heavy atom.